The van der Waals surface area contributed by atoms with E-state index in [4.69, 9.17) is 4.74 Å². The molecule has 0 amide bonds. The Morgan fingerprint density at radius 2 is 1.95 bits per heavy atom. The van der Waals surface area contributed by atoms with Crippen molar-refractivity contribution in [2.24, 2.45) is 5.92 Å². The number of hydrogen-bond acceptors (Lipinski definition) is 3. The predicted molar refractivity (Wildman–Crippen MR) is 71.9 cm³/mol. The molecule has 0 aliphatic heterocycles. The van der Waals surface area contributed by atoms with E-state index < -0.39 is 23.5 Å². The number of carboxylic acid groups (broad SMARTS) is 1. The lowest BCUT2D eigenvalue weighted by molar-refractivity contribution is -0.166. The Hall–Kier alpha value is -1.84. The van der Waals surface area contributed by atoms with E-state index in [-0.39, 0.29) is 6.42 Å². The summed E-state index contributed by atoms with van der Waals surface area (Å²) in [5, 5.41) is 9.17. The van der Waals surface area contributed by atoms with Crippen molar-refractivity contribution in [2.45, 2.75) is 39.7 Å². The van der Waals surface area contributed by atoms with Crippen LogP contribution in [0.2, 0.25) is 0 Å². The Labute approximate surface area is 113 Å². The Bertz CT molecular complexity index is 471. The molecule has 0 bridgehead atoms. The van der Waals surface area contributed by atoms with Gasteiger partial charge in [-0.15, -0.1) is 0 Å². The molecule has 4 nitrogen and oxygen atoms in total. The molecule has 0 aliphatic rings. The number of carbonyl (C=O) groups excluding carboxylic acids is 1. The number of hydrogen-bond donors (Lipinski definition) is 1. The number of benzene rings is 1. The fraction of sp³-hybridized carbons (Fsp3) is 0.467. The Kier molecular flexibility index (Phi) is 4.70. The SMILES string of the molecule is Cc1cccc(C[C@H](C(=O)O)C(=O)OC(C)(C)C)c1. The first-order chi connectivity index (χ1) is 8.69. The van der Waals surface area contributed by atoms with E-state index in [0.29, 0.717) is 0 Å². The van der Waals surface area contributed by atoms with E-state index in [0.717, 1.165) is 11.1 Å². The van der Waals surface area contributed by atoms with Gasteiger partial charge in [-0.3, -0.25) is 9.59 Å². The predicted octanol–water partition coefficient (Wildman–Crippen LogP) is 2.58. The van der Waals surface area contributed by atoms with Crippen LogP contribution >= 0.6 is 0 Å². The molecule has 104 valence electrons. The van der Waals surface area contributed by atoms with Crippen molar-refractivity contribution in [3.8, 4) is 0 Å². The fourth-order valence-electron chi connectivity index (χ4n) is 1.72. The monoisotopic (exact) mass is 264 g/mol. The molecule has 1 atom stereocenters. The van der Waals surface area contributed by atoms with E-state index in [1.54, 1.807) is 20.8 Å². The van der Waals surface area contributed by atoms with E-state index in [2.05, 4.69) is 0 Å². The molecule has 1 aromatic rings. The van der Waals surface area contributed by atoms with Crippen LogP contribution in [0, 0.1) is 12.8 Å². The van der Waals surface area contributed by atoms with Crippen molar-refractivity contribution in [1.82, 2.24) is 0 Å². The van der Waals surface area contributed by atoms with Crippen LogP contribution in [0.15, 0.2) is 24.3 Å². The summed E-state index contributed by atoms with van der Waals surface area (Å²) in [5.74, 6) is -3.02. The summed E-state index contributed by atoms with van der Waals surface area (Å²) < 4.78 is 5.14. The van der Waals surface area contributed by atoms with E-state index >= 15 is 0 Å². The van der Waals surface area contributed by atoms with E-state index in [1.165, 1.54) is 0 Å². The summed E-state index contributed by atoms with van der Waals surface area (Å²) in [4.78, 5) is 23.1. The van der Waals surface area contributed by atoms with Gasteiger partial charge < -0.3 is 9.84 Å². The minimum absolute atomic E-state index is 0.145. The van der Waals surface area contributed by atoms with Gasteiger partial charge in [0.15, 0.2) is 5.92 Å². The minimum atomic E-state index is -1.17. The summed E-state index contributed by atoms with van der Waals surface area (Å²) in [6, 6.07) is 7.46. The van der Waals surface area contributed by atoms with Gasteiger partial charge >= 0.3 is 11.9 Å². The van der Waals surface area contributed by atoms with Gasteiger partial charge in [-0.25, -0.2) is 0 Å². The maximum absolute atomic E-state index is 11.9. The lowest BCUT2D eigenvalue weighted by Gasteiger charge is -2.22. The van der Waals surface area contributed by atoms with Crippen LogP contribution in [0.5, 0.6) is 0 Å². The molecule has 0 saturated heterocycles. The molecule has 19 heavy (non-hydrogen) atoms. The highest BCUT2D eigenvalue weighted by Gasteiger charge is 2.31. The number of aryl methyl sites for hydroxylation is 1. The van der Waals surface area contributed by atoms with Gasteiger partial charge in [0.1, 0.15) is 5.60 Å². The number of esters is 1. The van der Waals surface area contributed by atoms with Crippen molar-refractivity contribution in [3.05, 3.63) is 35.4 Å². The van der Waals surface area contributed by atoms with Gasteiger partial charge in [-0.05, 0) is 39.7 Å². The number of aliphatic carboxylic acids is 1. The summed E-state index contributed by atoms with van der Waals surface area (Å²) in [7, 11) is 0. The standard InChI is InChI=1S/C15H20O4/c1-10-6-5-7-11(8-10)9-12(13(16)17)14(18)19-15(2,3)4/h5-8,12H,9H2,1-4H3,(H,16,17)/t12-/m1/s1. The molecule has 1 rings (SSSR count). The molecule has 0 aromatic heterocycles. The van der Waals surface area contributed by atoms with Crippen LogP contribution in [0.3, 0.4) is 0 Å². The summed E-state index contributed by atoms with van der Waals surface area (Å²) in [6.07, 6.45) is 0.145. The van der Waals surface area contributed by atoms with Crippen LogP contribution in [0.1, 0.15) is 31.9 Å². The topological polar surface area (TPSA) is 63.6 Å². The average molecular weight is 264 g/mol. The van der Waals surface area contributed by atoms with Crippen molar-refractivity contribution in [2.75, 3.05) is 0 Å². The van der Waals surface area contributed by atoms with Crippen LogP contribution in [-0.2, 0) is 20.7 Å². The van der Waals surface area contributed by atoms with Crippen LogP contribution in [-0.4, -0.2) is 22.6 Å². The third-order valence-corrected chi connectivity index (χ3v) is 2.51. The summed E-state index contributed by atoms with van der Waals surface area (Å²) in [6.45, 7) is 7.08. The molecule has 0 unspecified atom stereocenters. The second-order valence-electron chi connectivity index (χ2n) is 5.62. The highest BCUT2D eigenvalue weighted by Crippen LogP contribution is 2.16. The zero-order valence-electron chi connectivity index (χ0n) is 11.8. The highest BCUT2D eigenvalue weighted by molar-refractivity contribution is 5.94. The zero-order valence-corrected chi connectivity index (χ0v) is 11.8. The van der Waals surface area contributed by atoms with Gasteiger partial charge in [0.05, 0.1) is 0 Å². The smallest absolute Gasteiger partial charge is 0.321 e. The Balaban J connectivity index is 2.84. The first kappa shape index (κ1) is 15.2. The summed E-state index contributed by atoms with van der Waals surface area (Å²) >= 11 is 0. The van der Waals surface area contributed by atoms with E-state index in [9.17, 15) is 14.7 Å². The van der Waals surface area contributed by atoms with E-state index in [1.807, 2.05) is 31.2 Å². The molecule has 1 aromatic carbocycles. The lowest BCUT2D eigenvalue weighted by Crippen LogP contribution is -2.34. The quantitative estimate of drug-likeness (QED) is 0.670. The number of carbonyl (C=O) groups is 2. The average Bonchev–Trinajstić information content (AvgIpc) is 2.23. The minimum Gasteiger partial charge on any atom is -0.481 e. The van der Waals surface area contributed by atoms with Crippen molar-refractivity contribution in [3.63, 3.8) is 0 Å². The molecular weight excluding hydrogens is 244 g/mol. The molecular formula is C15H20O4. The largest absolute Gasteiger partial charge is 0.481 e. The lowest BCUT2D eigenvalue weighted by atomic mass is 9.98. The third-order valence-electron chi connectivity index (χ3n) is 2.51. The normalized spacial score (nSPS) is 12.8. The van der Waals surface area contributed by atoms with Crippen LogP contribution in [0.4, 0.5) is 0 Å². The zero-order chi connectivity index (χ0) is 14.6. The maximum Gasteiger partial charge on any atom is 0.321 e. The number of rotatable bonds is 4. The van der Waals surface area contributed by atoms with Crippen molar-refractivity contribution >= 4 is 11.9 Å². The van der Waals surface area contributed by atoms with Crippen molar-refractivity contribution in [1.29, 1.82) is 0 Å². The molecule has 0 spiro atoms. The Morgan fingerprint density at radius 1 is 1.32 bits per heavy atom. The Morgan fingerprint density at radius 3 is 2.42 bits per heavy atom. The second kappa shape index (κ2) is 5.87. The molecule has 4 heteroatoms. The van der Waals surface area contributed by atoms with Gasteiger partial charge in [-0.1, -0.05) is 29.8 Å². The third kappa shape index (κ3) is 5.12. The molecule has 0 saturated carbocycles. The molecule has 1 N–H and O–H groups in total. The maximum atomic E-state index is 11.9. The summed E-state index contributed by atoms with van der Waals surface area (Å²) in [5.41, 5.74) is 1.17. The van der Waals surface area contributed by atoms with Crippen LogP contribution in [0.25, 0.3) is 0 Å². The molecule has 0 fully saturated rings. The molecule has 0 aliphatic carbocycles. The van der Waals surface area contributed by atoms with Gasteiger partial charge in [0.25, 0.3) is 0 Å². The van der Waals surface area contributed by atoms with Crippen molar-refractivity contribution < 1.29 is 19.4 Å². The first-order valence-corrected chi connectivity index (χ1v) is 6.20. The second-order valence-corrected chi connectivity index (χ2v) is 5.62. The highest BCUT2D eigenvalue weighted by atomic mass is 16.6. The fourth-order valence-corrected chi connectivity index (χ4v) is 1.72. The number of carboxylic acids is 1. The van der Waals surface area contributed by atoms with Gasteiger partial charge in [-0.2, -0.15) is 0 Å². The molecule has 0 radical (unpaired) electrons. The van der Waals surface area contributed by atoms with Gasteiger partial charge in [0.2, 0.25) is 0 Å². The molecule has 0 heterocycles. The first-order valence-electron chi connectivity index (χ1n) is 6.20. The van der Waals surface area contributed by atoms with Gasteiger partial charge in [0, 0.05) is 0 Å². The van der Waals surface area contributed by atoms with Crippen LogP contribution < -0.4 is 0 Å². The number of ether oxygens (including phenoxy) is 1.